The third-order valence-electron chi connectivity index (χ3n) is 2.55. The van der Waals surface area contributed by atoms with Gasteiger partial charge in [-0.2, -0.15) is 11.3 Å². The lowest BCUT2D eigenvalue weighted by Crippen LogP contribution is -2.38. The Labute approximate surface area is 98.3 Å². The zero-order valence-electron chi connectivity index (χ0n) is 8.94. The molecule has 0 aliphatic carbocycles. The molecule has 0 radical (unpaired) electrons. The van der Waals surface area contributed by atoms with Gasteiger partial charge < -0.3 is 10.2 Å². The van der Waals surface area contributed by atoms with Crippen LogP contribution in [0.3, 0.4) is 0 Å². The smallest absolute Gasteiger partial charge is 0.239 e. The molecule has 1 fully saturated rings. The van der Waals surface area contributed by atoms with Crippen molar-refractivity contribution < 1.29 is 9.59 Å². The van der Waals surface area contributed by atoms with Gasteiger partial charge in [0, 0.05) is 13.1 Å². The summed E-state index contributed by atoms with van der Waals surface area (Å²) in [6.45, 7) is 1.53. The summed E-state index contributed by atoms with van der Waals surface area (Å²) < 4.78 is 0. The summed E-state index contributed by atoms with van der Waals surface area (Å²) in [4.78, 5) is 24.9. The van der Waals surface area contributed by atoms with Gasteiger partial charge in [0.05, 0.1) is 13.0 Å². The fourth-order valence-electron chi connectivity index (χ4n) is 1.70. The Bertz CT molecular complexity index is 375. The topological polar surface area (TPSA) is 49.4 Å². The molecule has 0 spiro atoms. The van der Waals surface area contributed by atoms with Gasteiger partial charge in [-0.3, -0.25) is 9.59 Å². The fraction of sp³-hybridized carbons (Fsp3) is 0.455. The van der Waals surface area contributed by atoms with Gasteiger partial charge in [0.15, 0.2) is 0 Å². The number of nitrogens with one attached hydrogen (secondary N) is 1. The van der Waals surface area contributed by atoms with Gasteiger partial charge in [-0.25, -0.2) is 0 Å². The Morgan fingerprint density at radius 3 is 3.19 bits per heavy atom. The zero-order chi connectivity index (χ0) is 11.4. The average molecular weight is 238 g/mol. The van der Waals surface area contributed by atoms with Crippen molar-refractivity contribution >= 4 is 23.2 Å². The van der Waals surface area contributed by atoms with Crippen molar-refractivity contribution in [1.82, 2.24) is 10.2 Å². The normalized spacial score (nSPS) is 16.8. The van der Waals surface area contributed by atoms with Crippen LogP contribution in [-0.4, -0.2) is 36.3 Å². The van der Waals surface area contributed by atoms with Crippen LogP contribution < -0.4 is 5.32 Å². The van der Waals surface area contributed by atoms with Crippen molar-refractivity contribution in [3.8, 4) is 0 Å². The highest BCUT2D eigenvalue weighted by Crippen LogP contribution is 2.09. The minimum Gasteiger partial charge on any atom is -0.354 e. The van der Waals surface area contributed by atoms with E-state index in [1.54, 1.807) is 16.2 Å². The second-order valence-corrected chi connectivity index (χ2v) is 4.61. The number of carbonyl (C=O) groups excluding carboxylic acids is 2. The average Bonchev–Trinajstić information content (AvgIpc) is 2.65. The molecule has 2 heterocycles. The van der Waals surface area contributed by atoms with Crippen LogP contribution >= 0.6 is 11.3 Å². The van der Waals surface area contributed by atoms with Crippen molar-refractivity contribution in [2.75, 3.05) is 19.6 Å². The van der Waals surface area contributed by atoms with Gasteiger partial charge in [0.1, 0.15) is 0 Å². The fourth-order valence-corrected chi connectivity index (χ4v) is 2.37. The van der Waals surface area contributed by atoms with Crippen molar-refractivity contribution in [1.29, 1.82) is 0 Å². The monoisotopic (exact) mass is 238 g/mol. The second-order valence-electron chi connectivity index (χ2n) is 3.83. The summed E-state index contributed by atoms with van der Waals surface area (Å²) in [5, 5.41) is 6.68. The molecule has 86 valence electrons. The van der Waals surface area contributed by atoms with Gasteiger partial charge in [-0.1, -0.05) is 0 Å². The minimum absolute atomic E-state index is 0.0375. The highest BCUT2D eigenvalue weighted by atomic mass is 32.1. The molecule has 2 amide bonds. The molecule has 1 N–H and O–H groups in total. The third-order valence-corrected chi connectivity index (χ3v) is 3.28. The van der Waals surface area contributed by atoms with Crippen molar-refractivity contribution in [2.24, 2.45) is 0 Å². The van der Waals surface area contributed by atoms with Gasteiger partial charge in [-0.05, 0) is 28.8 Å². The SMILES string of the molecule is O=C1CN(C(=O)Cc2ccsc2)CCCN1. The van der Waals surface area contributed by atoms with Crippen LogP contribution in [0, 0.1) is 0 Å². The van der Waals surface area contributed by atoms with Crippen molar-refractivity contribution in [3.05, 3.63) is 22.4 Å². The lowest BCUT2D eigenvalue weighted by Gasteiger charge is -2.18. The van der Waals surface area contributed by atoms with Crippen LogP contribution in [0.25, 0.3) is 0 Å². The van der Waals surface area contributed by atoms with Crippen LogP contribution in [-0.2, 0) is 16.0 Å². The second kappa shape index (κ2) is 5.12. The largest absolute Gasteiger partial charge is 0.354 e. The third kappa shape index (κ3) is 2.82. The van der Waals surface area contributed by atoms with Crippen LogP contribution in [0.2, 0.25) is 0 Å². The molecular weight excluding hydrogens is 224 g/mol. The standard InChI is InChI=1S/C11H14N2O2S/c14-10-7-13(4-1-3-12-10)11(15)6-9-2-5-16-8-9/h2,5,8H,1,3-4,6-7H2,(H,12,14). The van der Waals surface area contributed by atoms with Gasteiger partial charge in [-0.15, -0.1) is 0 Å². The van der Waals surface area contributed by atoms with E-state index in [2.05, 4.69) is 5.32 Å². The molecule has 0 unspecified atom stereocenters. The Morgan fingerprint density at radius 2 is 2.44 bits per heavy atom. The van der Waals surface area contributed by atoms with Crippen molar-refractivity contribution in [3.63, 3.8) is 0 Å². The van der Waals surface area contributed by atoms with E-state index in [4.69, 9.17) is 0 Å². The van der Waals surface area contributed by atoms with E-state index in [9.17, 15) is 9.59 Å². The molecule has 5 heteroatoms. The summed E-state index contributed by atoms with van der Waals surface area (Å²) in [6, 6.07) is 1.94. The van der Waals surface area contributed by atoms with Crippen LogP contribution in [0.5, 0.6) is 0 Å². The van der Waals surface area contributed by atoms with E-state index in [0.717, 1.165) is 12.0 Å². The van der Waals surface area contributed by atoms with Crippen LogP contribution in [0.1, 0.15) is 12.0 Å². The Hall–Kier alpha value is -1.36. The number of hydrogen-bond donors (Lipinski definition) is 1. The molecule has 1 aliphatic heterocycles. The quantitative estimate of drug-likeness (QED) is 0.822. The Morgan fingerprint density at radius 1 is 1.56 bits per heavy atom. The predicted octanol–water partition coefficient (Wildman–Crippen LogP) is 0.639. The summed E-state index contributed by atoms with van der Waals surface area (Å²) >= 11 is 1.58. The number of rotatable bonds is 2. The summed E-state index contributed by atoms with van der Waals surface area (Å²) in [7, 11) is 0. The van der Waals surface area contributed by atoms with Crippen LogP contribution in [0.15, 0.2) is 16.8 Å². The maximum atomic E-state index is 11.9. The molecular formula is C11H14N2O2S. The van der Waals surface area contributed by atoms with E-state index in [-0.39, 0.29) is 18.4 Å². The first-order chi connectivity index (χ1) is 7.75. The molecule has 4 nitrogen and oxygen atoms in total. The zero-order valence-corrected chi connectivity index (χ0v) is 9.76. The van der Waals surface area contributed by atoms with Gasteiger partial charge in [0.25, 0.3) is 0 Å². The van der Waals surface area contributed by atoms with E-state index in [0.29, 0.717) is 19.5 Å². The molecule has 0 saturated carbocycles. The lowest BCUT2D eigenvalue weighted by molar-refractivity contribution is -0.134. The van der Waals surface area contributed by atoms with E-state index in [1.165, 1.54) is 0 Å². The highest BCUT2D eigenvalue weighted by molar-refractivity contribution is 7.07. The summed E-state index contributed by atoms with van der Waals surface area (Å²) in [5.41, 5.74) is 1.03. The molecule has 0 atom stereocenters. The Balaban J connectivity index is 1.95. The summed E-state index contributed by atoms with van der Waals surface area (Å²) in [6.07, 6.45) is 1.23. The lowest BCUT2D eigenvalue weighted by atomic mass is 10.2. The van der Waals surface area contributed by atoms with E-state index >= 15 is 0 Å². The molecule has 0 aromatic carbocycles. The molecule has 1 aromatic heterocycles. The van der Waals surface area contributed by atoms with Gasteiger partial charge >= 0.3 is 0 Å². The highest BCUT2D eigenvalue weighted by Gasteiger charge is 2.19. The number of hydrogen-bond acceptors (Lipinski definition) is 3. The molecule has 0 bridgehead atoms. The minimum atomic E-state index is -0.0591. The number of carbonyl (C=O) groups is 2. The first-order valence-electron chi connectivity index (χ1n) is 5.31. The van der Waals surface area contributed by atoms with Crippen LogP contribution in [0.4, 0.5) is 0 Å². The molecule has 2 rings (SSSR count). The summed E-state index contributed by atoms with van der Waals surface area (Å²) in [5.74, 6) is -0.0216. The molecule has 1 aromatic rings. The van der Waals surface area contributed by atoms with Gasteiger partial charge in [0.2, 0.25) is 11.8 Å². The molecule has 1 saturated heterocycles. The molecule has 16 heavy (non-hydrogen) atoms. The first kappa shape index (κ1) is 11.1. The van der Waals surface area contributed by atoms with E-state index < -0.39 is 0 Å². The number of nitrogens with zero attached hydrogens (tertiary/aromatic N) is 1. The Kier molecular flexibility index (Phi) is 3.56. The predicted molar refractivity (Wildman–Crippen MR) is 62.2 cm³/mol. The number of amides is 2. The van der Waals surface area contributed by atoms with E-state index in [1.807, 2.05) is 16.8 Å². The van der Waals surface area contributed by atoms with Crippen molar-refractivity contribution in [2.45, 2.75) is 12.8 Å². The maximum absolute atomic E-state index is 11.9. The maximum Gasteiger partial charge on any atom is 0.239 e. The number of thiophene rings is 1. The molecule has 1 aliphatic rings. The first-order valence-corrected chi connectivity index (χ1v) is 6.25.